The highest BCUT2D eigenvalue weighted by Gasteiger charge is 2.20. The Hall–Kier alpha value is -3.44. The lowest BCUT2D eigenvalue weighted by Gasteiger charge is -2.17. The van der Waals surface area contributed by atoms with E-state index in [1.54, 1.807) is 26.2 Å². The van der Waals surface area contributed by atoms with E-state index in [0.717, 1.165) is 0 Å². The number of hydrogen-bond donors (Lipinski definition) is 1. The zero-order valence-corrected chi connectivity index (χ0v) is 21.0. The first-order valence-corrected chi connectivity index (χ1v) is 12.5. The molecule has 0 radical (unpaired) electrons. The normalized spacial score (nSPS) is 11.6. The number of nitrogens with zero attached hydrogens (tertiary/aromatic N) is 2. The van der Waals surface area contributed by atoms with Crippen molar-refractivity contribution >= 4 is 32.8 Å². The van der Waals surface area contributed by atoms with E-state index < -0.39 is 27.6 Å². The molecule has 11 heteroatoms. The van der Waals surface area contributed by atoms with Gasteiger partial charge in [0.05, 0.1) is 11.4 Å². The standard InChI is InChI=1S/C24H28FN3O6S/c1-6-35(31,32)26-20-9-7-8-15(22(20)25)12-18-19(14-27(2)3)17-11-10-16(33-24(30)28(4)5)13-21(17)34-23(18)29/h7-11,13,26H,6,12,14H2,1-5H3. The quantitative estimate of drug-likeness (QED) is 0.467. The molecule has 0 aliphatic heterocycles. The minimum Gasteiger partial charge on any atom is -0.422 e. The Morgan fingerprint density at radius 3 is 2.46 bits per heavy atom. The van der Waals surface area contributed by atoms with Gasteiger partial charge in [0.1, 0.15) is 11.3 Å². The van der Waals surface area contributed by atoms with Crippen LogP contribution in [0.5, 0.6) is 5.75 Å². The van der Waals surface area contributed by atoms with Gasteiger partial charge in [0.15, 0.2) is 5.82 Å². The molecule has 0 aliphatic rings. The number of rotatable bonds is 8. The van der Waals surface area contributed by atoms with E-state index in [1.807, 2.05) is 19.0 Å². The molecular weight excluding hydrogens is 477 g/mol. The van der Waals surface area contributed by atoms with Crippen molar-refractivity contribution in [3.05, 3.63) is 69.3 Å². The van der Waals surface area contributed by atoms with Crippen LogP contribution in [0.2, 0.25) is 0 Å². The molecule has 0 aliphatic carbocycles. The number of benzene rings is 2. The highest BCUT2D eigenvalue weighted by atomic mass is 32.2. The first kappa shape index (κ1) is 26.2. The predicted molar refractivity (Wildman–Crippen MR) is 132 cm³/mol. The number of anilines is 1. The molecule has 1 aromatic heterocycles. The average Bonchev–Trinajstić information content (AvgIpc) is 2.77. The second kappa shape index (κ2) is 10.4. The molecule has 0 spiro atoms. The van der Waals surface area contributed by atoms with Crippen molar-refractivity contribution < 1.29 is 26.8 Å². The van der Waals surface area contributed by atoms with Crippen LogP contribution in [0.25, 0.3) is 11.0 Å². The number of amides is 1. The second-order valence-electron chi connectivity index (χ2n) is 8.47. The fraction of sp³-hybridized carbons (Fsp3) is 0.333. The van der Waals surface area contributed by atoms with E-state index in [1.165, 1.54) is 36.1 Å². The molecule has 1 amide bonds. The van der Waals surface area contributed by atoms with Crippen molar-refractivity contribution in [3.8, 4) is 5.75 Å². The monoisotopic (exact) mass is 505 g/mol. The molecule has 9 nitrogen and oxygen atoms in total. The van der Waals surface area contributed by atoms with Gasteiger partial charge in [0.25, 0.3) is 0 Å². The Kier molecular flexibility index (Phi) is 7.81. The molecule has 1 heterocycles. The van der Waals surface area contributed by atoms with Crippen LogP contribution in [0.1, 0.15) is 23.6 Å². The lowest BCUT2D eigenvalue weighted by atomic mass is 9.97. The predicted octanol–water partition coefficient (Wildman–Crippen LogP) is 3.41. The number of nitrogens with one attached hydrogen (secondary N) is 1. The summed E-state index contributed by atoms with van der Waals surface area (Å²) in [6, 6.07) is 9.07. The molecule has 0 bridgehead atoms. The van der Waals surface area contributed by atoms with Gasteiger partial charge in [-0.1, -0.05) is 12.1 Å². The first-order chi connectivity index (χ1) is 16.4. The van der Waals surface area contributed by atoms with E-state index in [4.69, 9.17) is 9.15 Å². The number of fused-ring (bicyclic) bond motifs is 1. The lowest BCUT2D eigenvalue weighted by molar-refractivity contribution is 0.172. The Labute approximate surface area is 203 Å². The smallest absolute Gasteiger partial charge is 0.414 e. The van der Waals surface area contributed by atoms with E-state index >= 15 is 4.39 Å². The number of halogens is 1. The van der Waals surface area contributed by atoms with Crippen molar-refractivity contribution in [1.82, 2.24) is 9.80 Å². The van der Waals surface area contributed by atoms with Crippen molar-refractivity contribution in [2.75, 3.05) is 38.7 Å². The summed E-state index contributed by atoms with van der Waals surface area (Å²) in [7, 11) is 3.08. The highest BCUT2D eigenvalue weighted by molar-refractivity contribution is 7.92. The van der Waals surface area contributed by atoms with Gasteiger partial charge in [-0.05, 0) is 50.3 Å². The fourth-order valence-electron chi connectivity index (χ4n) is 3.44. The maximum absolute atomic E-state index is 15.2. The maximum atomic E-state index is 15.2. The van der Waals surface area contributed by atoms with Crippen LogP contribution < -0.4 is 15.1 Å². The summed E-state index contributed by atoms with van der Waals surface area (Å²) in [6.07, 6.45) is -0.683. The molecule has 1 N–H and O–H groups in total. The Morgan fingerprint density at radius 2 is 1.83 bits per heavy atom. The minimum absolute atomic E-state index is 0.105. The van der Waals surface area contributed by atoms with E-state index in [9.17, 15) is 18.0 Å². The molecule has 0 unspecified atom stereocenters. The molecule has 0 saturated carbocycles. The summed E-state index contributed by atoms with van der Waals surface area (Å²) in [4.78, 5) is 28.0. The number of sulfonamides is 1. The van der Waals surface area contributed by atoms with Crippen molar-refractivity contribution in [3.63, 3.8) is 0 Å². The maximum Gasteiger partial charge on any atom is 0.414 e. The molecular formula is C24H28FN3O6S. The summed E-state index contributed by atoms with van der Waals surface area (Å²) in [6.45, 7) is 1.81. The SMILES string of the molecule is CCS(=O)(=O)Nc1cccc(Cc2c(CN(C)C)c3ccc(OC(=O)N(C)C)cc3oc2=O)c1F. The fourth-order valence-corrected chi connectivity index (χ4v) is 4.08. The molecule has 35 heavy (non-hydrogen) atoms. The lowest BCUT2D eigenvalue weighted by Crippen LogP contribution is -2.25. The minimum atomic E-state index is -3.68. The summed E-state index contributed by atoms with van der Waals surface area (Å²) >= 11 is 0. The summed E-state index contributed by atoms with van der Waals surface area (Å²) in [5.41, 5.74) is 0.402. The number of carbonyl (C=O) groups is 1. The van der Waals surface area contributed by atoms with Gasteiger partial charge < -0.3 is 19.0 Å². The van der Waals surface area contributed by atoms with Crippen molar-refractivity contribution in [2.45, 2.75) is 19.9 Å². The third kappa shape index (κ3) is 6.17. The van der Waals surface area contributed by atoms with Crippen LogP contribution in [0.4, 0.5) is 14.9 Å². The van der Waals surface area contributed by atoms with Crippen LogP contribution >= 0.6 is 0 Å². The van der Waals surface area contributed by atoms with E-state index in [0.29, 0.717) is 17.5 Å². The molecule has 3 aromatic rings. The van der Waals surface area contributed by atoms with Crippen LogP contribution in [-0.2, 0) is 23.0 Å². The highest BCUT2D eigenvalue weighted by Crippen LogP contribution is 2.28. The number of hydrogen-bond acceptors (Lipinski definition) is 7. The molecule has 3 rings (SSSR count). The average molecular weight is 506 g/mol. The van der Waals surface area contributed by atoms with Crippen molar-refractivity contribution in [1.29, 1.82) is 0 Å². The second-order valence-corrected chi connectivity index (χ2v) is 10.5. The van der Waals surface area contributed by atoms with Crippen LogP contribution in [-0.4, -0.2) is 58.3 Å². The Bertz CT molecular complexity index is 1420. The molecule has 2 aromatic carbocycles. The number of ether oxygens (including phenoxy) is 1. The summed E-state index contributed by atoms with van der Waals surface area (Å²) in [5.74, 6) is -0.750. The zero-order chi connectivity index (χ0) is 25.9. The van der Waals surface area contributed by atoms with E-state index in [2.05, 4.69) is 4.72 Å². The van der Waals surface area contributed by atoms with Gasteiger partial charge in [-0.3, -0.25) is 4.72 Å². The van der Waals surface area contributed by atoms with E-state index in [-0.39, 0.29) is 40.3 Å². The topological polar surface area (TPSA) is 109 Å². The third-order valence-electron chi connectivity index (χ3n) is 5.23. The van der Waals surface area contributed by atoms with Gasteiger partial charge in [0, 0.05) is 44.1 Å². The molecule has 188 valence electrons. The largest absolute Gasteiger partial charge is 0.422 e. The Balaban J connectivity index is 2.09. The van der Waals surface area contributed by atoms with Crippen LogP contribution in [0, 0.1) is 5.82 Å². The first-order valence-electron chi connectivity index (χ1n) is 10.8. The Morgan fingerprint density at radius 1 is 1.11 bits per heavy atom. The summed E-state index contributed by atoms with van der Waals surface area (Å²) in [5, 5.41) is 0.612. The number of carbonyl (C=O) groups excluding carboxylic acids is 1. The van der Waals surface area contributed by atoms with Gasteiger partial charge >= 0.3 is 11.7 Å². The van der Waals surface area contributed by atoms with Crippen molar-refractivity contribution in [2.24, 2.45) is 0 Å². The molecule has 0 fully saturated rings. The van der Waals surface area contributed by atoms with Gasteiger partial charge in [-0.2, -0.15) is 0 Å². The van der Waals surface area contributed by atoms with Gasteiger partial charge in [-0.25, -0.2) is 22.4 Å². The molecule has 0 atom stereocenters. The zero-order valence-electron chi connectivity index (χ0n) is 20.2. The van der Waals surface area contributed by atoms with Gasteiger partial charge in [-0.15, -0.1) is 0 Å². The summed E-state index contributed by atoms with van der Waals surface area (Å²) < 4.78 is 52.0. The van der Waals surface area contributed by atoms with Gasteiger partial charge in [0.2, 0.25) is 10.0 Å². The molecule has 0 saturated heterocycles. The third-order valence-corrected chi connectivity index (χ3v) is 6.52. The van der Waals surface area contributed by atoms with Crippen LogP contribution in [0.3, 0.4) is 0 Å². The van der Waals surface area contributed by atoms with Crippen LogP contribution in [0.15, 0.2) is 45.6 Å².